The van der Waals surface area contributed by atoms with Gasteiger partial charge in [0.15, 0.2) is 0 Å². The molecule has 0 unspecified atom stereocenters. The van der Waals surface area contributed by atoms with Crippen LogP contribution >= 0.6 is 79.4 Å². The molecular weight excluding hydrogens is 604 g/mol. The SMILES string of the molecule is O=C(Nc1c(I)cc(I)cc1I)c1ccncc1Cl. The van der Waals surface area contributed by atoms with Crippen LogP contribution in [0.1, 0.15) is 10.4 Å². The number of nitrogens with one attached hydrogen (secondary N) is 1. The number of halogens is 4. The van der Waals surface area contributed by atoms with Gasteiger partial charge in [-0.05, 0) is 86.0 Å². The minimum absolute atomic E-state index is 0.232. The van der Waals surface area contributed by atoms with Crippen molar-refractivity contribution in [2.24, 2.45) is 0 Å². The van der Waals surface area contributed by atoms with Crippen LogP contribution in [-0.2, 0) is 0 Å². The highest BCUT2D eigenvalue weighted by molar-refractivity contribution is 14.1. The lowest BCUT2D eigenvalue weighted by molar-refractivity contribution is 0.102. The second-order valence-corrected chi connectivity index (χ2v) is 7.53. The fraction of sp³-hybridized carbons (Fsp3) is 0. The average Bonchev–Trinajstić information content (AvgIpc) is 2.34. The molecule has 1 amide bonds. The first-order chi connectivity index (χ1) is 8.99. The lowest BCUT2D eigenvalue weighted by Crippen LogP contribution is -2.14. The second kappa shape index (κ2) is 6.85. The molecule has 2 aromatic rings. The molecule has 1 N–H and O–H groups in total. The largest absolute Gasteiger partial charge is 0.320 e. The molecule has 1 aromatic carbocycles. The summed E-state index contributed by atoms with van der Waals surface area (Å²) in [6.45, 7) is 0. The monoisotopic (exact) mass is 610 g/mol. The first-order valence-corrected chi connectivity index (χ1v) is 8.66. The van der Waals surface area contributed by atoms with Gasteiger partial charge in [0, 0.05) is 23.1 Å². The number of aromatic nitrogens is 1. The smallest absolute Gasteiger partial charge is 0.257 e. The summed E-state index contributed by atoms with van der Waals surface area (Å²) in [6.07, 6.45) is 3.00. The maximum Gasteiger partial charge on any atom is 0.257 e. The Morgan fingerprint density at radius 3 is 2.42 bits per heavy atom. The van der Waals surface area contributed by atoms with E-state index in [1.807, 2.05) is 12.1 Å². The number of hydrogen-bond acceptors (Lipinski definition) is 2. The molecule has 98 valence electrons. The lowest BCUT2D eigenvalue weighted by Gasteiger charge is -2.11. The molecule has 1 aromatic heterocycles. The summed E-state index contributed by atoms with van der Waals surface area (Å²) in [5.74, 6) is -0.232. The van der Waals surface area contributed by atoms with Crippen molar-refractivity contribution in [2.45, 2.75) is 0 Å². The number of rotatable bonds is 2. The molecule has 0 fully saturated rings. The molecule has 0 saturated carbocycles. The first-order valence-electron chi connectivity index (χ1n) is 5.04. The van der Waals surface area contributed by atoms with Gasteiger partial charge in [0.1, 0.15) is 0 Å². The van der Waals surface area contributed by atoms with Crippen LogP contribution in [0, 0.1) is 10.7 Å². The van der Waals surface area contributed by atoms with Gasteiger partial charge in [-0.25, -0.2) is 0 Å². The van der Waals surface area contributed by atoms with E-state index in [4.69, 9.17) is 11.6 Å². The maximum absolute atomic E-state index is 12.2. The average molecular weight is 610 g/mol. The van der Waals surface area contributed by atoms with Gasteiger partial charge in [0.05, 0.1) is 16.3 Å². The standard InChI is InChI=1S/C12H6ClI3N2O/c13-8-5-17-2-1-7(8)12(19)18-11-9(15)3-6(14)4-10(11)16/h1-5H,(H,18,19). The van der Waals surface area contributed by atoms with Crippen molar-refractivity contribution in [3.05, 3.63) is 51.9 Å². The van der Waals surface area contributed by atoms with E-state index in [0.717, 1.165) is 16.4 Å². The van der Waals surface area contributed by atoms with Crippen molar-refractivity contribution in [3.8, 4) is 0 Å². The zero-order valence-electron chi connectivity index (χ0n) is 9.25. The zero-order valence-corrected chi connectivity index (χ0v) is 16.5. The Balaban J connectivity index is 2.32. The molecule has 0 spiro atoms. The highest BCUT2D eigenvalue weighted by Gasteiger charge is 2.14. The number of benzene rings is 1. The van der Waals surface area contributed by atoms with E-state index in [2.05, 4.69) is 78.1 Å². The van der Waals surface area contributed by atoms with Crippen molar-refractivity contribution >= 4 is 91.0 Å². The summed E-state index contributed by atoms with van der Waals surface area (Å²) in [5.41, 5.74) is 1.22. The molecule has 0 aliphatic heterocycles. The molecular formula is C12H6ClI3N2O. The van der Waals surface area contributed by atoms with Crippen LogP contribution in [0.15, 0.2) is 30.6 Å². The van der Waals surface area contributed by atoms with Crippen LogP contribution in [-0.4, -0.2) is 10.9 Å². The molecule has 0 radical (unpaired) electrons. The van der Waals surface area contributed by atoms with Gasteiger partial charge < -0.3 is 5.32 Å². The van der Waals surface area contributed by atoms with Crippen molar-refractivity contribution in [3.63, 3.8) is 0 Å². The molecule has 7 heteroatoms. The molecule has 3 nitrogen and oxygen atoms in total. The van der Waals surface area contributed by atoms with E-state index in [-0.39, 0.29) is 5.91 Å². The predicted molar refractivity (Wildman–Crippen MR) is 102 cm³/mol. The van der Waals surface area contributed by atoms with Gasteiger partial charge in [-0.3, -0.25) is 9.78 Å². The van der Waals surface area contributed by atoms with Gasteiger partial charge in [-0.2, -0.15) is 0 Å². The third-order valence-corrected chi connectivity index (χ3v) is 4.89. The number of carbonyl (C=O) groups is 1. The van der Waals surface area contributed by atoms with Gasteiger partial charge >= 0.3 is 0 Å². The Kier molecular flexibility index (Phi) is 5.66. The third kappa shape index (κ3) is 3.91. The normalized spacial score (nSPS) is 10.3. The molecule has 0 atom stereocenters. The molecule has 0 bridgehead atoms. The van der Waals surface area contributed by atoms with Crippen molar-refractivity contribution in [2.75, 3.05) is 5.32 Å². The number of carbonyl (C=O) groups excluding carboxylic acids is 1. The van der Waals surface area contributed by atoms with Crippen LogP contribution < -0.4 is 5.32 Å². The molecule has 19 heavy (non-hydrogen) atoms. The highest BCUT2D eigenvalue weighted by Crippen LogP contribution is 2.28. The summed E-state index contributed by atoms with van der Waals surface area (Å²) in [7, 11) is 0. The summed E-state index contributed by atoms with van der Waals surface area (Å²) in [6, 6.07) is 5.62. The fourth-order valence-corrected chi connectivity index (χ4v) is 5.46. The minimum atomic E-state index is -0.232. The minimum Gasteiger partial charge on any atom is -0.320 e. The van der Waals surface area contributed by atoms with Crippen LogP contribution in [0.25, 0.3) is 0 Å². The lowest BCUT2D eigenvalue weighted by atomic mass is 10.2. The van der Waals surface area contributed by atoms with Crippen LogP contribution in [0.4, 0.5) is 5.69 Å². The van der Waals surface area contributed by atoms with Gasteiger partial charge in [0.2, 0.25) is 0 Å². The van der Waals surface area contributed by atoms with E-state index < -0.39 is 0 Å². The van der Waals surface area contributed by atoms with E-state index in [0.29, 0.717) is 10.6 Å². The highest BCUT2D eigenvalue weighted by atomic mass is 127. The second-order valence-electron chi connectivity index (χ2n) is 3.55. The topological polar surface area (TPSA) is 42.0 Å². The molecule has 1 heterocycles. The van der Waals surface area contributed by atoms with Crippen LogP contribution in [0.3, 0.4) is 0 Å². The summed E-state index contributed by atoms with van der Waals surface area (Å²) in [4.78, 5) is 16.1. The van der Waals surface area contributed by atoms with E-state index >= 15 is 0 Å². The van der Waals surface area contributed by atoms with E-state index in [9.17, 15) is 4.79 Å². The molecule has 0 aliphatic rings. The maximum atomic E-state index is 12.2. The third-order valence-electron chi connectivity index (χ3n) is 2.26. The van der Waals surface area contributed by atoms with Gasteiger partial charge in [0.25, 0.3) is 5.91 Å². The molecule has 2 rings (SSSR count). The van der Waals surface area contributed by atoms with Crippen LogP contribution in [0.2, 0.25) is 5.02 Å². The van der Waals surface area contributed by atoms with Gasteiger partial charge in [-0.15, -0.1) is 0 Å². The van der Waals surface area contributed by atoms with Crippen molar-refractivity contribution < 1.29 is 4.79 Å². The Bertz CT molecular complexity index is 626. The predicted octanol–water partition coefficient (Wildman–Crippen LogP) is 4.80. The van der Waals surface area contributed by atoms with Gasteiger partial charge in [-0.1, -0.05) is 11.6 Å². The summed E-state index contributed by atoms with van der Waals surface area (Å²) in [5, 5.41) is 3.24. The van der Waals surface area contributed by atoms with E-state index in [1.165, 1.54) is 6.20 Å². The number of hydrogen-bond donors (Lipinski definition) is 1. The van der Waals surface area contributed by atoms with E-state index in [1.54, 1.807) is 12.3 Å². The summed E-state index contributed by atoms with van der Waals surface area (Å²) >= 11 is 12.6. The number of anilines is 1. The molecule has 0 saturated heterocycles. The van der Waals surface area contributed by atoms with Crippen molar-refractivity contribution in [1.82, 2.24) is 4.98 Å². The number of amides is 1. The number of pyridine rings is 1. The quantitative estimate of drug-likeness (QED) is 0.497. The van der Waals surface area contributed by atoms with Crippen LogP contribution in [0.5, 0.6) is 0 Å². The molecule has 0 aliphatic carbocycles. The zero-order chi connectivity index (χ0) is 14.0. The Labute approximate surface area is 156 Å². The van der Waals surface area contributed by atoms with Crippen molar-refractivity contribution in [1.29, 1.82) is 0 Å². The first kappa shape index (κ1) is 15.7. The Morgan fingerprint density at radius 2 is 1.84 bits per heavy atom. The summed E-state index contributed by atoms with van der Waals surface area (Å²) < 4.78 is 3.12. The Hall–Kier alpha value is 0.320. The number of nitrogens with zero attached hydrogens (tertiary/aromatic N) is 1. The fourth-order valence-electron chi connectivity index (χ4n) is 1.40. The Morgan fingerprint density at radius 1 is 1.21 bits per heavy atom.